The Morgan fingerprint density at radius 3 is 2.67 bits per heavy atom. The van der Waals surface area contributed by atoms with Crippen molar-refractivity contribution in [3.05, 3.63) is 41.1 Å². The maximum Gasteiger partial charge on any atom is 0.322 e. The lowest BCUT2D eigenvalue weighted by Crippen LogP contribution is -2.45. The molecule has 1 aromatic carbocycles. The summed E-state index contributed by atoms with van der Waals surface area (Å²) in [6, 6.07) is 7.01. The Morgan fingerprint density at radius 2 is 2.00 bits per heavy atom. The van der Waals surface area contributed by atoms with Gasteiger partial charge < -0.3 is 19.9 Å². The van der Waals surface area contributed by atoms with Crippen molar-refractivity contribution in [3.63, 3.8) is 0 Å². The maximum absolute atomic E-state index is 13.4. The van der Waals surface area contributed by atoms with Gasteiger partial charge in [0.05, 0.1) is 31.0 Å². The molecule has 0 fully saturated rings. The van der Waals surface area contributed by atoms with Crippen LogP contribution in [0.1, 0.15) is 45.2 Å². The molecule has 2 heterocycles. The molecular weight excluding hydrogens is 380 g/mol. The molecule has 0 aliphatic carbocycles. The Kier molecular flexibility index (Phi) is 7.02. The average molecular weight is 415 g/mol. The molecular formula is C23H34N4O3. The predicted octanol–water partition coefficient (Wildman–Crippen LogP) is 3.00. The normalized spacial score (nSPS) is 20.0. The first kappa shape index (κ1) is 22.2. The Hall–Kier alpha value is -2.54. The number of hydrogen-bond acceptors (Lipinski definition) is 4. The van der Waals surface area contributed by atoms with Crippen molar-refractivity contribution < 1.29 is 14.3 Å². The van der Waals surface area contributed by atoms with Gasteiger partial charge in [-0.15, -0.1) is 0 Å². The average Bonchev–Trinajstić information content (AvgIpc) is 3.11. The van der Waals surface area contributed by atoms with E-state index in [1.165, 1.54) is 0 Å². The van der Waals surface area contributed by atoms with E-state index in [0.29, 0.717) is 17.9 Å². The molecule has 30 heavy (non-hydrogen) atoms. The topological polar surface area (TPSA) is 65.1 Å². The predicted molar refractivity (Wildman–Crippen MR) is 117 cm³/mol. The summed E-state index contributed by atoms with van der Waals surface area (Å²) in [5.74, 6) is 0.718. The highest BCUT2D eigenvalue weighted by atomic mass is 16.5. The van der Waals surface area contributed by atoms with Gasteiger partial charge in [-0.3, -0.25) is 9.69 Å². The number of likely N-dealkylation sites (N-methyl/N-ethyl adjacent to an activating group) is 1. The molecule has 2 aliphatic rings. The van der Waals surface area contributed by atoms with Crippen LogP contribution in [-0.2, 0) is 4.79 Å². The lowest BCUT2D eigenvalue weighted by Gasteiger charge is -2.31. The second-order valence-corrected chi connectivity index (χ2v) is 8.03. The van der Waals surface area contributed by atoms with E-state index in [-0.39, 0.29) is 18.0 Å². The zero-order chi connectivity index (χ0) is 21.8. The Morgan fingerprint density at radius 1 is 1.27 bits per heavy atom. The molecule has 0 saturated heterocycles. The molecule has 7 heteroatoms. The second-order valence-electron chi connectivity index (χ2n) is 8.03. The summed E-state index contributed by atoms with van der Waals surface area (Å²) in [6.07, 6.45) is 1.99. The zero-order valence-electron chi connectivity index (χ0n) is 18.8. The monoisotopic (exact) mass is 414 g/mol. The van der Waals surface area contributed by atoms with Crippen LogP contribution in [0.3, 0.4) is 0 Å². The van der Waals surface area contributed by atoms with Gasteiger partial charge in [0.15, 0.2) is 0 Å². The van der Waals surface area contributed by atoms with Gasteiger partial charge in [-0.1, -0.05) is 26.0 Å². The number of hydrogen-bond donors (Lipinski definition) is 1. The first-order chi connectivity index (χ1) is 14.4. The molecule has 3 rings (SSSR count). The number of benzene rings is 1. The fraction of sp³-hybridized carbons (Fsp3) is 0.565. The van der Waals surface area contributed by atoms with Crippen LogP contribution in [0.15, 0.2) is 35.5 Å². The summed E-state index contributed by atoms with van der Waals surface area (Å²) in [7, 11) is 3.34. The van der Waals surface area contributed by atoms with Crippen LogP contribution in [0.4, 0.5) is 4.79 Å². The smallest absolute Gasteiger partial charge is 0.322 e. The third-order valence-corrected chi connectivity index (χ3v) is 6.34. The van der Waals surface area contributed by atoms with Gasteiger partial charge in [0.25, 0.3) is 5.91 Å². The summed E-state index contributed by atoms with van der Waals surface area (Å²) >= 11 is 0. The van der Waals surface area contributed by atoms with Crippen LogP contribution in [0.5, 0.6) is 5.75 Å². The number of carbonyl (C=O) groups excluding carboxylic acids is 2. The molecule has 0 unspecified atom stereocenters. The molecule has 2 aliphatic heterocycles. The van der Waals surface area contributed by atoms with Crippen molar-refractivity contribution in [1.82, 2.24) is 20.0 Å². The third-order valence-electron chi connectivity index (χ3n) is 6.34. The first-order valence-corrected chi connectivity index (χ1v) is 10.9. The van der Waals surface area contributed by atoms with Crippen LogP contribution >= 0.6 is 0 Å². The molecule has 0 spiro atoms. The van der Waals surface area contributed by atoms with Crippen molar-refractivity contribution in [3.8, 4) is 5.75 Å². The Balaban J connectivity index is 1.78. The van der Waals surface area contributed by atoms with Gasteiger partial charge in [-0.25, -0.2) is 4.79 Å². The van der Waals surface area contributed by atoms with Crippen molar-refractivity contribution in [2.24, 2.45) is 0 Å². The molecule has 1 N–H and O–H groups in total. The molecule has 1 aromatic rings. The standard InChI is InChI=1S/C23H34N4O3/c1-6-26(7-2)13-9-10-16(3)27-15-19-20(22(27)28)21(24-23(29)25(19)4)17-11-8-12-18(14-17)30-5/h8,11-12,14,16,21H,6-7,9-10,13,15H2,1-5H3,(H,24,29)/t16-,21+/m0/s1. The number of ether oxygens (including phenoxy) is 1. The maximum atomic E-state index is 13.4. The summed E-state index contributed by atoms with van der Waals surface area (Å²) in [4.78, 5) is 31.9. The minimum absolute atomic E-state index is 0.0139. The highest BCUT2D eigenvalue weighted by Crippen LogP contribution is 2.37. The molecule has 164 valence electrons. The molecule has 0 radical (unpaired) electrons. The minimum Gasteiger partial charge on any atom is -0.497 e. The lowest BCUT2D eigenvalue weighted by atomic mass is 9.95. The molecule has 3 amide bonds. The highest BCUT2D eigenvalue weighted by Gasteiger charge is 2.44. The van der Waals surface area contributed by atoms with E-state index in [1.54, 1.807) is 19.1 Å². The summed E-state index contributed by atoms with van der Waals surface area (Å²) in [5, 5.41) is 2.99. The number of methoxy groups -OCH3 is 1. The zero-order valence-corrected chi connectivity index (χ0v) is 18.8. The van der Waals surface area contributed by atoms with E-state index >= 15 is 0 Å². The van der Waals surface area contributed by atoms with Crippen LogP contribution in [0.2, 0.25) is 0 Å². The number of rotatable bonds is 9. The highest BCUT2D eigenvalue weighted by molar-refractivity contribution is 6.01. The number of amides is 3. The summed E-state index contributed by atoms with van der Waals surface area (Å²) in [5.41, 5.74) is 2.32. The quantitative estimate of drug-likeness (QED) is 0.675. The summed E-state index contributed by atoms with van der Waals surface area (Å²) < 4.78 is 5.33. The molecule has 0 aromatic heterocycles. The van der Waals surface area contributed by atoms with E-state index in [4.69, 9.17) is 4.74 Å². The van der Waals surface area contributed by atoms with Crippen molar-refractivity contribution >= 4 is 11.9 Å². The van der Waals surface area contributed by atoms with Gasteiger partial charge in [0.1, 0.15) is 5.75 Å². The SMILES string of the molecule is CCN(CC)CCC[C@H](C)N1CC2=C(C1=O)[C@@H](c1cccc(OC)c1)NC(=O)N2C. The molecule has 2 atom stereocenters. The Labute approximate surface area is 179 Å². The second kappa shape index (κ2) is 9.51. The van der Waals surface area contributed by atoms with Crippen LogP contribution < -0.4 is 10.1 Å². The molecule has 0 bridgehead atoms. The van der Waals surface area contributed by atoms with Crippen molar-refractivity contribution in [2.45, 2.75) is 45.7 Å². The Bertz CT molecular complexity index is 818. The molecule has 7 nitrogen and oxygen atoms in total. The van der Waals surface area contributed by atoms with Gasteiger partial charge in [-0.2, -0.15) is 0 Å². The number of nitrogens with zero attached hydrogens (tertiary/aromatic N) is 3. The van der Waals surface area contributed by atoms with E-state index in [2.05, 4.69) is 31.0 Å². The van der Waals surface area contributed by atoms with Crippen LogP contribution in [0, 0.1) is 0 Å². The number of nitrogens with one attached hydrogen (secondary N) is 1. The fourth-order valence-corrected chi connectivity index (χ4v) is 4.32. The van der Waals surface area contributed by atoms with Gasteiger partial charge in [-0.05, 0) is 57.1 Å². The third kappa shape index (κ3) is 4.31. The minimum atomic E-state index is -0.459. The summed E-state index contributed by atoms with van der Waals surface area (Å²) in [6.45, 7) is 10.1. The van der Waals surface area contributed by atoms with Crippen LogP contribution in [0.25, 0.3) is 0 Å². The van der Waals surface area contributed by atoms with E-state index < -0.39 is 6.04 Å². The van der Waals surface area contributed by atoms with Gasteiger partial charge in [0.2, 0.25) is 0 Å². The fourth-order valence-electron chi connectivity index (χ4n) is 4.32. The number of carbonyl (C=O) groups is 2. The van der Waals surface area contributed by atoms with Crippen molar-refractivity contribution in [1.29, 1.82) is 0 Å². The largest absolute Gasteiger partial charge is 0.497 e. The first-order valence-electron chi connectivity index (χ1n) is 10.9. The van der Waals surface area contributed by atoms with E-state index in [9.17, 15) is 9.59 Å². The van der Waals surface area contributed by atoms with Gasteiger partial charge >= 0.3 is 6.03 Å². The van der Waals surface area contributed by atoms with E-state index in [0.717, 1.165) is 43.7 Å². The van der Waals surface area contributed by atoms with Crippen molar-refractivity contribution in [2.75, 3.05) is 40.3 Å². The van der Waals surface area contributed by atoms with E-state index in [1.807, 2.05) is 29.2 Å². The van der Waals surface area contributed by atoms with Crippen LogP contribution in [-0.4, -0.2) is 73.0 Å². The lowest BCUT2D eigenvalue weighted by molar-refractivity contribution is -0.127. The number of urea groups is 1. The van der Waals surface area contributed by atoms with Gasteiger partial charge in [0, 0.05) is 13.1 Å². The molecule has 0 saturated carbocycles.